The number of nitrogens with zero attached hydrogens (tertiary/aromatic N) is 5. The predicted octanol–water partition coefficient (Wildman–Crippen LogP) is 3.38. The predicted molar refractivity (Wildman–Crippen MR) is 125 cm³/mol. The van der Waals surface area contributed by atoms with E-state index in [0.29, 0.717) is 34.8 Å². The largest absolute Gasteiger partial charge is 0.480 e. The van der Waals surface area contributed by atoms with Gasteiger partial charge in [-0.2, -0.15) is 4.98 Å². The van der Waals surface area contributed by atoms with Gasteiger partial charge < -0.3 is 14.6 Å². The Morgan fingerprint density at radius 2 is 2.03 bits per heavy atom. The number of allylic oxidation sites excluding steroid dienone is 1. The molecule has 1 aliphatic rings. The minimum Gasteiger partial charge on any atom is -0.480 e. The summed E-state index contributed by atoms with van der Waals surface area (Å²) in [5, 5.41) is 11.2. The Kier molecular flexibility index (Phi) is 6.44. The van der Waals surface area contributed by atoms with Gasteiger partial charge >= 0.3 is 0 Å². The van der Waals surface area contributed by atoms with Crippen LogP contribution in [0.4, 0.5) is 0 Å². The second-order valence-corrected chi connectivity index (χ2v) is 8.52. The van der Waals surface area contributed by atoms with Gasteiger partial charge in [0, 0.05) is 23.7 Å². The summed E-state index contributed by atoms with van der Waals surface area (Å²) >= 11 is 0. The van der Waals surface area contributed by atoms with Gasteiger partial charge in [0.15, 0.2) is 5.82 Å². The van der Waals surface area contributed by atoms with Gasteiger partial charge in [-0.1, -0.05) is 6.58 Å². The molecule has 9 heteroatoms. The van der Waals surface area contributed by atoms with Crippen molar-refractivity contribution in [2.75, 3.05) is 7.11 Å². The first-order valence-corrected chi connectivity index (χ1v) is 10.9. The van der Waals surface area contributed by atoms with Gasteiger partial charge in [-0.25, -0.2) is 15.0 Å². The first-order valence-electron chi connectivity index (χ1n) is 10.4. The maximum atomic E-state index is 10.2. The van der Waals surface area contributed by atoms with Gasteiger partial charge in [0.05, 0.1) is 30.3 Å². The van der Waals surface area contributed by atoms with Crippen LogP contribution in [0.15, 0.2) is 31.2 Å². The number of rotatable bonds is 8. The zero-order valence-corrected chi connectivity index (χ0v) is 19.5. The number of aliphatic hydroxyl groups is 1. The highest BCUT2D eigenvalue weighted by atomic mass is 31.0. The molecule has 3 aromatic heterocycles. The molecule has 0 aliphatic heterocycles. The van der Waals surface area contributed by atoms with Crippen LogP contribution in [0.25, 0.3) is 17.0 Å². The molecular formula is C23H26N5O3P. The monoisotopic (exact) mass is 451 g/mol. The molecule has 0 spiro atoms. The third kappa shape index (κ3) is 4.76. The zero-order chi connectivity index (χ0) is 22.8. The van der Waals surface area contributed by atoms with Crippen molar-refractivity contribution in [1.82, 2.24) is 24.9 Å². The highest BCUT2D eigenvalue weighted by Gasteiger charge is 2.31. The van der Waals surface area contributed by atoms with Crippen LogP contribution in [-0.4, -0.2) is 37.1 Å². The van der Waals surface area contributed by atoms with Crippen molar-refractivity contribution >= 4 is 20.1 Å². The van der Waals surface area contributed by atoms with Gasteiger partial charge in [0.2, 0.25) is 11.8 Å². The first kappa shape index (κ1) is 22.2. The van der Waals surface area contributed by atoms with Gasteiger partial charge in [-0.05, 0) is 43.6 Å². The molecule has 2 atom stereocenters. The number of pyridine rings is 1. The minimum absolute atomic E-state index is 0.262. The summed E-state index contributed by atoms with van der Waals surface area (Å²) in [6, 6.07) is 3.62. The lowest BCUT2D eigenvalue weighted by molar-refractivity contribution is 0.193. The maximum absolute atomic E-state index is 10.2. The van der Waals surface area contributed by atoms with Gasteiger partial charge in [0.25, 0.3) is 0 Å². The summed E-state index contributed by atoms with van der Waals surface area (Å²) < 4.78 is 11.5. The fraction of sp³-hybridized carbons (Fsp3) is 0.348. The topological polar surface area (TPSA) is 103 Å². The number of methoxy groups -OCH3 is 1. The van der Waals surface area contributed by atoms with Crippen LogP contribution in [0.3, 0.4) is 0 Å². The average molecular weight is 451 g/mol. The van der Waals surface area contributed by atoms with Crippen molar-refractivity contribution in [3.8, 4) is 23.1 Å². The second kappa shape index (κ2) is 9.27. The molecule has 3 aromatic rings. The lowest BCUT2D eigenvalue weighted by Gasteiger charge is -2.14. The molecule has 0 saturated heterocycles. The Morgan fingerprint density at radius 3 is 2.66 bits per heavy atom. The Labute approximate surface area is 189 Å². The van der Waals surface area contributed by atoms with E-state index in [2.05, 4.69) is 40.7 Å². The van der Waals surface area contributed by atoms with Crippen molar-refractivity contribution in [1.29, 1.82) is 0 Å². The molecule has 3 heterocycles. The van der Waals surface area contributed by atoms with Crippen LogP contribution in [0.1, 0.15) is 61.4 Å². The first-order chi connectivity index (χ1) is 15.4. The Balaban J connectivity index is 1.68. The van der Waals surface area contributed by atoms with Crippen LogP contribution in [0, 0.1) is 0 Å². The third-order valence-electron chi connectivity index (χ3n) is 5.14. The van der Waals surface area contributed by atoms with Crippen molar-refractivity contribution in [2.45, 2.75) is 45.3 Å². The molecule has 0 radical (unpaired) electrons. The molecule has 0 amide bonds. The lowest BCUT2D eigenvalue weighted by Crippen LogP contribution is -2.09. The minimum atomic E-state index is -0.797. The quantitative estimate of drug-likeness (QED) is 0.520. The molecule has 2 unspecified atom stereocenters. The van der Waals surface area contributed by atoms with Crippen LogP contribution in [-0.2, 0) is 6.61 Å². The van der Waals surface area contributed by atoms with E-state index >= 15 is 0 Å². The molecular weight excluding hydrogens is 425 g/mol. The molecule has 1 aliphatic carbocycles. The van der Waals surface area contributed by atoms with E-state index in [9.17, 15) is 5.11 Å². The van der Waals surface area contributed by atoms with E-state index in [1.165, 1.54) is 6.33 Å². The van der Waals surface area contributed by atoms with Crippen LogP contribution in [0.5, 0.6) is 11.8 Å². The number of hydrogen-bond acceptors (Lipinski definition) is 8. The fourth-order valence-corrected chi connectivity index (χ4v) is 3.91. The number of hydrogen-bond donors (Lipinski definition) is 1. The van der Waals surface area contributed by atoms with E-state index in [1.807, 2.05) is 13.0 Å². The average Bonchev–Trinajstić information content (AvgIpc) is 3.62. The number of ether oxygens (including phenoxy) is 2. The molecule has 0 aromatic carbocycles. The van der Waals surface area contributed by atoms with E-state index in [-0.39, 0.29) is 6.61 Å². The SMILES string of the molecule is C=C(C)c1ncc(COc2cc(C(C)O)nc(-c3c(OC)ncnc3C3CC3)n2)cc1P. The Bertz CT molecular complexity index is 1160. The smallest absolute Gasteiger partial charge is 0.227 e. The molecule has 1 N–H and O–H groups in total. The fourth-order valence-electron chi connectivity index (χ4n) is 3.38. The molecule has 0 bridgehead atoms. The molecule has 32 heavy (non-hydrogen) atoms. The summed E-state index contributed by atoms with van der Waals surface area (Å²) in [6.45, 7) is 7.78. The third-order valence-corrected chi connectivity index (χ3v) is 5.58. The van der Waals surface area contributed by atoms with Crippen molar-refractivity contribution < 1.29 is 14.6 Å². The Morgan fingerprint density at radius 1 is 1.25 bits per heavy atom. The van der Waals surface area contributed by atoms with Crippen LogP contribution < -0.4 is 14.8 Å². The normalized spacial score (nSPS) is 14.2. The molecule has 8 nitrogen and oxygen atoms in total. The van der Waals surface area contributed by atoms with E-state index in [4.69, 9.17) is 9.47 Å². The standard InChI is InChI=1S/C23H26N5O3P/c1-12(2)20-17(32)7-14(9-24-20)10-31-18-8-16(13(3)29)27-22(28-18)19-21(15-5-6-15)25-11-26-23(19)30-4/h7-9,11,13,15,29H,1,5-6,10,32H2,2-4H3. The van der Waals surface area contributed by atoms with Crippen molar-refractivity contribution in [2.24, 2.45) is 0 Å². The highest BCUT2D eigenvalue weighted by molar-refractivity contribution is 7.27. The summed E-state index contributed by atoms with van der Waals surface area (Å²) in [5.74, 6) is 1.46. The van der Waals surface area contributed by atoms with Crippen LogP contribution >= 0.6 is 9.24 Å². The van der Waals surface area contributed by atoms with E-state index in [0.717, 1.165) is 40.7 Å². The molecule has 1 fully saturated rings. The zero-order valence-electron chi connectivity index (χ0n) is 18.4. The second-order valence-electron chi connectivity index (χ2n) is 7.90. The summed E-state index contributed by atoms with van der Waals surface area (Å²) in [6.07, 6.45) is 4.56. The van der Waals surface area contributed by atoms with Gasteiger partial charge in [0.1, 0.15) is 18.5 Å². The number of aliphatic hydroxyl groups excluding tert-OH is 1. The molecule has 1 saturated carbocycles. The molecule has 4 rings (SSSR count). The van der Waals surface area contributed by atoms with E-state index in [1.54, 1.807) is 26.3 Å². The summed E-state index contributed by atoms with van der Waals surface area (Å²) in [4.78, 5) is 22.3. The maximum Gasteiger partial charge on any atom is 0.227 e. The summed E-state index contributed by atoms with van der Waals surface area (Å²) in [5.41, 5.74) is 4.58. The van der Waals surface area contributed by atoms with Crippen LogP contribution in [0.2, 0.25) is 0 Å². The lowest BCUT2D eigenvalue weighted by atomic mass is 10.1. The van der Waals surface area contributed by atoms with Gasteiger partial charge in [-0.15, -0.1) is 9.24 Å². The van der Waals surface area contributed by atoms with Crippen molar-refractivity contribution in [3.63, 3.8) is 0 Å². The number of aromatic nitrogens is 5. The Hall–Kier alpha value is -2.96. The van der Waals surface area contributed by atoms with E-state index < -0.39 is 6.10 Å². The van der Waals surface area contributed by atoms with Crippen molar-refractivity contribution in [3.05, 3.63) is 53.9 Å². The molecule has 166 valence electrons. The highest BCUT2D eigenvalue weighted by Crippen LogP contribution is 2.45. The summed E-state index contributed by atoms with van der Waals surface area (Å²) in [7, 11) is 4.23. The van der Waals surface area contributed by atoms with Gasteiger partial charge in [-0.3, -0.25) is 4.98 Å².